The number of carbonyl (C=O) groups is 1. The molecule has 0 saturated heterocycles. The van der Waals surface area contributed by atoms with Crippen LogP contribution in [-0.2, 0) is 0 Å². The standard InChI is InChI=1S/C12H20N4O2/c1-9(2)16(7-8-17)11-6-5-10(13-14-11)12(18)15(3)4/h5-6,9,17H,7-8H2,1-4H3. The van der Waals surface area contributed by atoms with Crippen molar-refractivity contribution in [3.05, 3.63) is 17.8 Å². The number of carbonyl (C=O) groups excluding carboxylic acids is 1. The molecule has 6 heteroatoms. The molecule has 18 heavy (non-hydrogen) atoms. The van der Waals surface area contributed by atoms with Crippen molar-refractivity contribution >= 4 is 11.7 Å². The van der Waals surface area contributed by atoms with Gasteiger partial charge in [-0.15, -0.1) is 10.2 Å². The highest BCUT2D eigenvalue weighted by molar-refractivity contribution is 5.91. The molecule has 0 aliphatic carbocycles. The van der Waals surface area contributed by atoms with Crippen molar-refractivity contribution in [2.24, 2.45) is 0 Å². The summed E-state index contributed by atoms with van der Waals surface area (Å²) in [7, 11) is 3.34. The molecule has 1 aromatic rings. The van der Waals surface area contributed by atoms with E-state index in [1.807, 2.05) is 18.7 Å². The highest BCUT2D eigenvalue weighted by atomic mass is 16.3. The number of hydrogen-bond donors (Lipinski definition) is 1. The van der Waals surface area contributed by atoms with Crippen molar-refractivity contribution in [1.82, 2.24) is 15.1 Å². The molecule has 0 saturated carbocycles. The van der Waals surface area contributed by atoms with Crippen LogP contribution in [0.5, 0.6) is 0 Å². The molecule has 0 aliphatic heterocycles. The summed E-state index contributed by atoms with van der Waals surface area (Å²) in [6.45, 7) is 4.57. The molecule has 0 unspecified atom stereocenters. The zero-order valence-electron chi connectivity index (χ0n) is 11.3. The quantitative estimate of drug-likeness (QED) is 0.820. The van der Waals surface area contributed by atoms with Gasteiger partial charge in [0.05, 0.1) is 6.61 Å². The molecule has 0 spiro atoms. The molecule has 1 amide bonds. The molecule has 0 fully saturated rings. The van der Waals surface area contributed by atoms with E-state index >= 15 is 0 Å². The third-order valence-corrected chi connectivity index (χ3v) is 2.53. The lowest BCUT2D eigenvalue weighted by Gasteiger charge is -2.26. The maximum Gasteiger partial charge on any atom is 0.273 e. The van der Waals surface area contributed by atoms with Crippen LogP contribution in [0.25, 0.3) is 0 Å². The van der Waals surface area contributed by atoms with Crippen LogP contribution in [-0.4, -0.2) is 59.4 Å². The number of nitrogens with zero attached hydrogens (tertiary/aromatic N) is 4. The van der Waals surface area contributed by atoms with Gasteiger partial charge in [0.15, 0.2) is 11.5 Å². The monoisotopic (exact) mass is 252 g/mol. The Morgan fingerprint density at radius 1 is 1.33 bits per heavy atom. The van der Waals surface area contributed by atoms with Gasteiger partial charge in [-0.05, 0) is 26.0 Å². The molecule has 0 atom stereocenters. The van der Waals surface area contributed by atoms with Crippen molar-refractivity contribution < 1.29 is 9.90 Å². The third kappa shape index (κ3) is 3.40. The van der Waals surface area contributed by atoms with Crippen molar-refractivity contribution in [2.45, 2.75) is 19.9 Å². The first kappa shape index (κ1) is 14.4. The van der Waals surface area contributed by atoms with Crippen LogP contribution >= 0.6 is 0 Å². The number of aliphatic hydroxyl groups is 1. The lowest BCUT2D eigenvalue weighted by Crippen LogP contribution is -2.34. The normalized spacial score (nSPS) is 10.6. The van der Waals surface area contributed by atoms with Gasteiger partial charge in [0, 0.05) is 26.7 Å². The number of anilines is 1. The largest absolute Gasteiger partial charge is 0.395 e. The summed E-state index contributed by atoms with van der Waals surface area (Å²) >= 11 is 0. The van der Waals surface area contributed by atoms with E-state index in [0.717, 1.165) is 0 Å². The molecular weight excluding hydrogens is 232 g/mol. The molecule has 6 nitrogen and oxygen atoms in total. The number of amides is 1. The average molecular weight is 252 g/mol. The average Bonchev–Trinajstić information content (AvgIpc) is 2.35. The summed E-state index contributed by atoms with van der Waals surface area (Å²) in [6, 6.07) is 3.61. The van der Waals surface area contributed by atoms with Gasteiger partial charge in [-0.3, -0.25) is 4.79 Å². The zero-order valence-corrected chi connectivity index (χ0v) is 11.3. The van der Waals surface area contributed by atoms with E-state index in [2.05, 4.69) is 10.2 Å². The number of aliphatic hydroxyl groups excluding tert-OH is 1. The first-order valence-corrected chi connectivity index (χ1v) is 5.90. The fourth-order valence-electron chi connectivity index (χ4n) is 1.57. The van der Waals surface area contributed by atoms with E-state index in [1.54, 1.807) is 26.2 Å². The minimum Gasteiger partial charge on any atom is -0.395 e. The Labute approximate surface area is 107 Å². The van der Waals surface area contributed by atoms with Crippen LogP contribution in [0.3, 0.4) is 0 Å². The first-order valence-electron chi connectivity index (χ1n) is 5.90. The Morgan fingerprint density at radius 3 is 2.39 bits per heavy atom. The van der Waals surface area contributed by atoms with Gasteiger partial charge in [0.1, 0.15) is 0 Å². The highest BCUT2D eigenvalue weighted by Crippen LogP contribution is 2.13. The lowest BCUT2D eigenvalue weighted by atomic mass is 10.3. The maximum absolute atomic E-state index is 11.7. The van der Waals surface area contributed by atoms with Crippen LogP contribution in [0.1, 0.15) is 24.3 Å². The van der Waals surface area contributed by atoms with Crippen LogP contribution in [0, 0.1) is 0 Å². The predicted octanol–water partition coefficient (Wildman–Crippen LogP) is 0.385. The van der Waals surface area contributed by atoms with Gasteiger partial charge >= 0.3 is 0 Å². The molecule has 1 N–H and O–H groups in total. The second kappa shape index (κ2) is 6.30. The van der Waals surface area contributed by atoms with E-state index in [0.29, 0.717) is 18.1 Å². The second-order valence-corrected chi connectivity index (χ2v) is 4.49. The lowest BCUT2D eigenvalue weighted by molar-refractivity contribution is 0.0821. The topological polar surface area (TPSA) is 69.6 Å². The SMILES string of the molecule is CC(C)N(CCO)c1ccc(C(=O)N(C)C)nn1. The summed E-state index contributed by atoms with van der Waals surface area (Å²) in [4.78, 5) is 15.0. The fraction of sp³-hybridized carbons (Fsp3) is 0.583. The third-order valence-electron chi connectivity index (χ3n) is 2.53. The zero-order chi connectivity index (χ0) is 13.7. The predicted molar refractivity (Wildman–Crippen MR) is 69.6 cm³/mol. The minimum absolute atomic E-state index is 0.0538. The van der Waals surface area contributed by atoms with E-state index in [4.69, 9.17) is 5.11 Å². The number of aromatic nitrogens is 2. The van der Waals surface area contributed by atoms with E-state index in [-0.39, 0.29) is 18.6 Å². The molecule has 1 rings (SSSR count). The van der Waals surface area contributed by atoms with E-state index < -0.39 is 0 Å². The van der Waals surface area contributed by atoms with Gasteiger partial charge in [-0.2, -0.15) is 0 Å². The Hall–Kier alpha value is -1.69. The molecule has 1 aromatic heterocycles. The second-order valence-electron chi connectivity index (χ2n) is 4.49. The Bertz CT molecular complexity index is 390. The molecule has 0 aromatic carbocycles. The smallest absolute Gasteiger partial charge is 0.273 e. The van der Waals surface area contributed by atoms with Gasteiger partial charge in [0.2, 0.25) is 0 Å². The van der Waals surface area contributed by atoms with Gasteiger partial charge in [-0.25, -0.2) is 0 Å². The molecule has 0 bridgehead atoms. The van der Waals surface area contributed by atoms with Crippen LogP contribution < -0.4 is 4.90 Å². The van der Waals surface area contributed by atoms with Gasteiger partial charge in [0.25, 0.3) is 5.91 Å². The molecule has 1 heterocycles. The summed E-state index contributed by atoms with van der Waals surface area (Å²) < 4.78 is 0. The van der Waals surface area contributed by atoms with Crippen molar-refractivity contribution in [3.63, 3.8) is 0 Å². The van der Waals surface area contributed by atoms with E-state index in [1.165, 1.54) is 4.90 Å². The van der Waals surface area contributed by atoms with Crippen molar-refractivity contribution in [3.8, 4) is 0 Å². The molecule has 100 valence electrons. The highest BCUT2D eigenvalue weighted by Gasteiger charge is 2.14. The minimum atomic E-state index is -0.174. The Balaban J connectivity index is 2.90. The summed E-state index contributed by atoms with van der Waals surface area (Å²) in [6.07, 6.45) is 0. The summed E-state index contributed by atoms with van der Waals surface area (Å²) in [5.41, 5.74) is 0.316. The maximum atomic E-state index is 11.7. The summed E-state index contributed by atoms with van der Waals surface area (Å²) in [5.74, 6) is 0.488. The Morgan fingerprint density at radius 2 is 2.00 bits per heavy atom. The van der Waals surface area contributed by atoms with Crippen LogP contribution in [0.2, 0.25) is 0 Å². The fourth-order valence-corrected chi connectivity index (χ4v) is 1.57. The number of rotatable bonds is 5. The van der Waals surface area contributed by atoms with E-state index in [9.17, 15) is 4.79 Å². The van der Waals surface area contributed by atoms with Crippen molar-refractivity contribution in [2.75, 3.05) is 32.1 Å². The van der Waals surface area contributed by atoms with Gasteiger partial charge in [-0.1, -0.05) is 0 Å². The van der Waals surface area contributed by atoms with Crippen molar-refractivity contribution in [1.29, 1.82) is 0 Å². The molecular formula is C12H20N4O2. The van der Waals surface area contributed by atoms with Crippen LogP contribution in [0.4, 0.5) is 5.82 Å². The molecule has 0 aliphatic rings. The van der Waals surface area contributed by atoms with Gasteiger partial charge < -0.3 is 14.9 Å². The Kier molecular flexibility index (Phi) is 5.03. The number of hydrogen-bond acceptors (Lipinski definition) is 5. The van der Waals surface area contributed by atoms with Crippen LogP contribution in [0.15, 0.2) is 12.1 Å². The molecule has 0 radical (unpaired) electrons. The first-order chi connectivity index (χ1) is 8.47. The summed E-state index contributed by atoms with van der Waals surface area (Å²) in [5, 5.41) is 17.0.